The topological polar surface area (TPSA) is 42.9 Å². The smallest absolute Gasteiger partial charge is 0.191 e. The number of guanidine groups is 1. The molecule has 1 heterocycles. The van der Waals surface area contributed by atoms with Gasteiger partial charge in [0, 0.05) is 52.4 Å². The molecule has 148 valence electrons. The summed E-state index contributed by atoms with van der Waals surface area (Å²) >= 11 is 0. The van der Waals surface area contributed by atoms with Crippen molar-refractivity contribution in [1.29, 1.82) is 0 Å². The maximum absolute atomic E-state index is 4.44. The van der Waals surface area contributed by atoms with Crippen LogP contribution < -0.4 is 10.6 Å². The number of halogens is 1. The van der Waals surface area contributed by atoms with Crippen LogP contribution in [-0.4, -0.2) is 75.2 Å². The van der Waals surface area contributed by atoms with Gasteiger partial charge in [-0.15, -0.1) is 24.0 Å². The SMILES string of the molecule is CCC1(CNC(=NC)NCC(C(C)C)N2CCN(C)CC2)CCC1.I. The predicted molar refractivity (Wildman–Crippen MR) is 119 cm³/mol. The second-order valence-corrected chi connectivity index (χ2v) is 8.16. The number of nitrogens with one attached hydrogen (secondary N) is 2. The fourth-order valence-corrected chi connectivity index (χ4v) is 3.97. The highest BCUT2D eigenvalue weighted by Gasteiger charge is 2.35. The Kier molecular flexibility index (Phi) is 10.0. The van der Waals surface area contributed by atoms with Crippen LogP contribution in [-0.2, 0) is 0 Å². The van der Waals surface area contributed by atoms with Crippen molar-refractivity contribution in [3.05, 3.63) is 0 Å². The molecule has 0 bridgehead atoms. The predicted octanol–water partition coefficient (Wildman–Crippen LogP) is 2.62. The fraction of sp³-hybridized carbons (Fsp3) is 0.947. The molecule has 0 spiro atoms. The normalized spacial score (nSPS) is 22.9. The first-order chi connectivity index (χ1) is 11.5. The zero-order chi connectivity index (χ0) is 17.6. The maximum atomic E-state index is 4.44. The van der Waals surface area contributed by atoms with Gasteiger partial charge in [0.1, 0.15) is 0 Å². The molecule has 2 aliphatic rings. The molecule has 0 aromatic carbocycles. The molecule has 0 aromatic rings. The summed E-state index contributed by atoms with van der Waals surface area (Å²) < 4.78 is 0. The van der Waals surface area contributed by atoms with Gasteiger partial charge in [0.25, 0.3) is 0 Å². The Morgan fingerprint density at radius 2 is 1.76 bits per heavy atom. The number of aliphatic imine (C=N–C) groups is 1. The first kappa shape index (κ1) is 23.0. The Labute approximate surface area is 172 Å². The molecule has 1 atom stereocenters. The van der Waals surface area contributed by atoms with E-state index in [4.69, 9.17) is 0 Å². The molecular weight excluding hydrogens is 425 g/mol. The van der Waals surface area contributed by atoms with Crippen molar-refractivity contribution >= 4 is 29.9 Å². The molecule has 1 aliphatic heterocycles. The minimum absolute atomic E-state index is 0. The summed E-state index contributed by atoms with van der Waals surface area (Å²) in [6.07, 6.45) is 5.39. The van der Waals surface area contributed by atoms with Gasteiger partial charge < -0.3 is 15.5 Å². The van der Waals surface area contributed by atoms with Crippen LogP contribution in [0.1, 0.15) is 46.5 Å². The standard InChI is InChI=1S/C19H39N5.HI/c1-6-19(8-7-9-19)15-22-18(20-4)21-14-17(16(2)3)24-12-10-23(5)11-13-24;/h16-17H,6-15H2,1-5H3,(H2,20,21,22);1H. The average molecular weight is 465 g/mol. The third-order valence-electron chi connectivity index (χ3n) is 6.27. The molecule has 1 unspecified atom stereocenters. The van der Waals surface area contributed by atoms with Crippen LogP contribution in [0.5, 0.6) is 0 Å². The minimum Gasteiger partial charge on any atom is -0.356 e. The first-order valence-electron chi connectivity index (χ1n) is 9.87. The quantitative estimate of drug-likeness (QED) is 0.345. The Morgan fingerprint density at radius 3 is 2.20 bits per heavy atom. The molecule has 0 amide bonds. The van der Waals surface area contributed by atoms with Crippen LogP contribution in [0.3, 0.4) is 0 Å². The summed E-state index contributed by atoms with van der Waals surface area (Å²) in [6, 6.07) is 0.570. The molecule has 2 rings (SSSR count). The van der Waals surface area contributed by atoms with Gasteiger partial charge in [-0.2, -0.15) is 0 Å². The molecule has 2 N–H and O–H groups in total. The van der Waals surface area contributed by atoms with E-state index in [2.05, 4.69) is 53.2 Å². The lowest BCUT2D eigenvalue weighted by molar-refractivity contribution is 0.0898. The second kappa shape index (κ2) is 10.9. The van der Waals surface area contributed by atoms with Gasteiger partial charge in [0.15, 0.2) is 5.96 Å². The van der Waals surface area contributed by atoms with E-state index in [-0.39, 0.29) is 24.0 Å². The van der Waals surface area contributed by atoms with Crippen LogP contribution >= 0.6 is 24.0 Å². The summed E-state index contributed by atoms with van der Waals surface area (Å²) in [5, 5.41) is 7.17. The van der Waals surface area contributed by atoms with Crippen LogP contribution in [0.25, 0.3) is 0 Å². The first-order valence-corrected chi connectivity index (χ1v) is 9.87. The summed E-state index contributed by atoms with van der Waals surface area (Å²) in [6.45, 7) is 13.7. The molecule has 25 heavy (non-hydrogen) atoms. The zero-order valence-corrected chi connectivity index (χ0v) is 19.3. The van der Waals surface area contributed by atoms with Crippen molar-refractivity contribution in [2.75, 3.05) is 53.4 Å². The molecule has 1 aliphatic carbocycles. The van der Waals surface area contributed by atoms with E-state index in [0.717, 1.165) is 19.0 Å². The van der Waals surface area contributed by atoms with Gasteiger partial charge in [-0.05, 0) is 37.6 Å². The van der Waals surface area contributed by atoms with Gasteiger partial charge in [0.2, 0.25) is 0 Å². The number of rotatable bonds is 7. The number of likely N-dealkylation sites (N-methyl/N-ethyl adjacent to an activating group) is 1. The highest BCUT2D eigenvalue weighted by Crippen LogP contribution is 2.42. The van der Waals surface area contributed by atoms with Crippen molar-refractivity contribution in [2.45, 2.75) is 52.5 Å². The van der Waals surface area contributed by atoms with Crippen LogP contribution in [0.2, 0.25) is 0 Å². The number of nitrogens with zero attached hydrogens (tertiary/aromatic N) is 3. The summed E-state index contributed by atoms with van der Waals surface area (Å²) in [7, 11) is 4.10. The van der Waals surface area contributed by atoms with E-state index < -0.39 is 0 Å². The Bertz CT molecular complexity index is 395. The zero-order valence-electron chi connectivity index (χ0n) is 17.0. The van der Waals surface area contributed by atoms with Gasteiger partial charge in [-0.25, -0.2) is 0 Å². The highest BCUT2D eigenvalue weighted by atomic mass is 127. The van der Waals surface area contributed by atoms with Crippen molar-refractivity contribution in [1.82, 2.24) is 20.4 Å². The Balaban J connectivity index is 0.00000312. The summed E-state index contributed by atoms with van der Waals surface area (Å²) in [4.78, 5) is 9.50. The van der Waals surface area contributed by atoms with E-state index in [1.54, 1.807) is 0 Å². The summed E-state index contributed by atoms with van der Waals surface area (Å²) in [5.41, 5.74) is 0.520. The van der Waals surface area contributed by atoms with E-state index in [1.165, 1.54) is 51.9 Å². The third-order valence-corrected chi connectivity index (χ3v) is 6.27. The molecule has 5 nitrogen and oxygen atoms in total. The molecule has 1 saturated heterocycles. The van der Waals surface area contributed by atoms with Crippen molar-refractivity contribution in [3.63, 3.8) is 0 Å². The van der Waals surface area contributed by atoms with Gasteiger partial charge >= 0.3 is 0 Å². The monoisotopic (exact) mass is 465 g/mol. The molecule has 0 aromatic heterocycles. The lowest BCUT2D eigenvalue weighted by atomic mass is 9.67. The lowest BCUT2D eigenvalue weighted by Gasteiger charge is -2.42. The van der Waals surface area contributed by atoms with Crippen molar-refractivity contribution < 1.29 is 0 Å². The number of hydrogen-bond acceptors (Lipinski definition) is 3. The number of piperazine rings is 1. The molecule has 0 radical (unpaired) electrons. The van der Waals surface area contributed by atoms with Crippen LogP contribution in [0, 0.1) is 11.3 Å². The highest BCUT2D eigenvalue weighted by molar-refractivity contribution is 14.0. The molecule has 6 heteroatoms. The Hall–Kier alpha value is -0.0800. The van der Waals surface area contributed by atoms with Crippen molar-refractivity contribution in [3.8, 4) is 0 Å². The van der Waals surface area contributed by atoms with E-state index in [0.29, 0.717) is 17.4 Å². The van der Waals surface area contributed by atoms with Gasteiger partial charge in [-0.3, -0.25) is 9.89 Å². The van der Waals surface area contributed by atoms with Gasteiger partial charge in [0.05, 0.1) is 0 Å². The van der Waals surface area contributed by atoms with E-state index in [9.17, 15) is 0 Å². The molecule has 1 saturated carbocycles. The van der Waals surface area contributed by atoms with Crippen LogP contribution in [0.15, 0.2) is 4.99 Å². The summed E-state index contributed by atoms with van der Waals surface area (Å²) in [5.74, 6) is 1.61. The average Bonchev–Trinajstić information content (AvgIpc) is 2.53. The third kappa shape index (κ3) is 6.54. The van der Waals surface area contributed by atoms with Gasteiger partial charge in [-0.1, -0.05) is 27.2 Å². The van der Waals surface area contributed by atoms with E-state index >= 15 is 0 Å². The maximum Gasteiger partial charge on any atom is 0.191 e. The second-order valence-electron chi connectivity index (χ2n) is 8.16. The largest absolute Gasteiger partial charge is 0.356 e. The van der Waals surface area contributed by atoms with Crippen LogP contribution in [0.4, 0.5) is 0 Å². The Morgan fingerprint density at radius 1 is 1.12 bits per heavy atom. The fourth-order valence-electron chi connectivity index (χ4n) is 3.97. The van der Waals surface area contributed by atoms with E-state index in [1.807, 2.05) is 7.05 Å². The van der Waals surface area contributed by atoms with Crippen molar-refractivity contribution in [2.24, 2.45) is 16.3 Å². The number of hydrogen-bond donors (Lipinski definition) is 2. The molecule has 2 fully saturated rings. The minimum atomic E-state index is 0. The molecular formula is C19H40IN5. The lowest BCUT2D eigenvalue weighted by Crippen LogP contribution is -2.55.